The lowest BCUT2D eigenvalue weighted by molar-refractivity contribution is 0.109. The minimum Gasteiger partial charge on any atom is -0.281 e. The fraction of sp³-hybridized carbons (Fsp3) is 0. The van der Waals surface area contributed by atoms with Gasteiger partial charge in [0.25, 0.3) is 0 Å². The highest BCUT2D eigenvalue weighted by atomic mass is 79.9. The molecule has 1 nitrogen and oxygen atoms in total. The van der Waals surface area contributed by atoms with E-state index in [2.05, 4.69) is 31.9 Å². The number of hydrogen-bond donors (Lipinski definition) is 0. The van der Waals surface area contributed by atoms with Gasteiger partial charge in [-0.2, -0.15) is 0 Å². The van der Waals surface area contributed by atoms with E-state index in [1.165, 1.54) is 0 Å². The summed E-state index contributed by atoms with van der Waals surface area (Å²) in [5.74, 6) is 0. The zero-order chi connectivity index (χ0) is 8.43. The Morgan fingerprint density at radius 2 is 2.09 bits per heavy atom. The van der Waals surface area contributed by atoms with Crippen LogP contribution in [0.2, 0.25) is 5.02 Å². The molecule has 0 aliphatic carbocycles. The molecule has 0 bridgehead atoms. The van der Waals surface area contributed by atoms with E-state index in [0.717, 1.165) is 0 Å². The fourth-order valence-corrected chi connectivity index (χ4v) is 2.12. The SMILES string of the molecule is O=C(Br)c1ccc(Cl)cc1Br. The molecule has 0 aliphatic heterocycles. The van der Waals surface area contributed by atoms with Gasteiger partial charge in [0, 0.05) is 15.1 Å². The highest BCUT2D eigenvalue weighted by molar-refractivity contribution is 9.18. The minimum absolute atomic E-state index is 0.152. The fourth-order valence-electron chi connectivity index (χ4n) is 0.649. The van der Waals surface area contributed by atoms with Crippen LogP contribution in [0.1, 0.15) is 10.4 Å². The van der Waals surface area contributed by atoms with Crippen molar-refractivity contribution in [2.45, 2.75) is 0 Å². The first-order valence-corrected chi connectivity index (χ1v) is 4.72. The molecule has 0 N–H and O–H groups in total. The molecule has 11 heavy (non-hydrogen) atoms. The number of hydrogen-bond acceptors (Lipinski definition) is 1. The maximum Gasteiger partial charge on any atom is 0.229 e. The standard InChI is InChI=1S/C7H3Br2ClO/c8-6-3-4(10)1-2-5(6)7(9)11/h1-3H. The van der Waals surface area contributed by atoms with E-state index in [9.17, 15) is 4.79 Å². The van der Waals surface area contributed by atoms with Crippen molar-refractivity contribution in [3.05, 3.63) is 33.3 Å². The molecule has 0 amide bonds. The van der Waals surface area contributed by atoms with Crippen molar-refractivity contribution >= 4 is 48.2 Å². The lowest BCUT2D eigenvalue weighted by Crippen LogP contribution is -1.88. The van der Waals surface area contributed by atoms with Crippen LogP contribution in [0.4, 0.5) is 0 Å². The van der Waals surface area contributed by atoms with Crippen LogP contribution in [-0.4, -0.2) is 4.69 Å². The Labute approximate surface area is 86.0 Å². The van der Waals surface area contributed by atoms with E-state index in [1.807, 2.05) is 0 Å². The Bertz CT molecular complexity index is 298. The van der Waals surface area contributed by atoms with E-state index in [4.69, 9.17) is 11.6 Å². The smallest absolute Gasteiger partial charge is 0.229 e. The van der Waals surface area contributed by atoms with E-state index >= 15 is 0 Å². The summed E-state index contributed by atoms with van der Waals surface area (Å²) in [7, 11) is 0. The Morgan fingerprint density at radius 1 is 1.45 bits per heavy atom. The molecule has 0 saturated carbocycles. The molecule has 0 radical (unpaired) electrons. The maximum absolute atomic E-state index is 10.8. The first kappa shape index (κ1) is 9.23. The van der Waals surface area contributed by atoms with Gasteiger partial charge in [0.1, 0.15) is 0 Å². The van der Waals surface area contributed by atoms with Crippen LogP contribution in [0.3, 0.4) is 0 Å². The van der Waals surface area contributed by atoms with E-state index in [1.54, 1.807) is 18.2 Å². The van der Waals surface area contributed by atoms with Crippen LogP contribution in [-0.2, 0) is 0 Å². The molecule has 0 aliphatic rings. The largest absolute Gasteiger partial charge is 0.281 e. The summed E-state index contributed by atoms with van der Waals surface area (Å²) in [6.45, 7) is 0. The van der Waals surface area contributed by atoms with Gasteiger partial charge in [-0.25, -0.2) is 0 Å². The number of benzene rings is 1. The minimum atomic E-state index is -0.152. The summed E-state index contributed by atoms with van der Waals surface area (Å²) in [4.78, 5) is 10.8. The second kappa shape index (κ2) is 3.70. The Morgan fingerprint density at radius 3 is 2.55 bits per heavy atom. The highest BCUT2D eigenvalue weighted by Crippen LogP contribution is 2.23. The van der Waals surface area contributed by atoms with E-state index in [-0.39, 0.29) is 4.69 Å². The molecule has 0 heterocycles. The summed E-state index contributed by atoms with van der Waals surface area (Å²) in [6, 6.07) is 5.00. The lowest BCUT2D eigenvalue weighted by Gasteiger charge is -1.97. The molecule has 1 aromatic carbocycles. The first-order chi connectivity index (χ1) is 5.11. The van der Waals surface area contributed by atoms with Crippen molar-refractivity contribution in [3.63, 3.8) is 0 Å². The quantitative estimate of drug-likeness (QED) is 0.724. The monoisotopic (exact) mass is 296 g/mol. The summed E-state index contributed by atoms with van der Waals surface area (Å²) >= 11 is 11.7. The van der Waals surface area contributed by atoms with Crippen LogP contribution in [0.5, 0.6) is 0 Å². The molecule has 1 aromatic rings. The second-order valence-electron chi connectivity index (χ2n) is 1.90. The molecular formula is C7H3Br2ClO. The zero-order valence-electron chi connectivity index (χ0n) is 5.27. The zero-order valence-corrected chi connectivity index (χ0v) is 9.20. The van der Waals surface area contributed by atoms with Crippen LogP contribution in [0.15, 0.2) is 22.7 Å². The average Bonchev–Trinajstić information content (AvgIpc) is 1.85. The number of carbonyl (C=O) groups excluding carboxylic acids is 1. The molecule has 0 fully saturated rings. The number of carbonyl (C=O) groups is 1. The number of rotatable bonds is 1. The van der Waals surface area contributed by atoms with Gasteiger partial charge in [-0.1, -0.05) is 11.6 Å². The van der Waals surface area contributed by atoms with Crippen molar-refractivity contribution in [1.82, 2.24) is 0 Å². The topological polar surface area (TPSA) is 17.1 Å². The Balaban J connectivity index is 3.20. The van der Waals surface area contributed by atoms with E-state index < -0.39 is 0 Å². The molecule has 4 heteroatoms. The van der Waals surface area contributed by atoms with Crippen LogP contribution >= 0.6 is 43.5 Å². The summed E-state index contributed by atoms with van der Waals surface area (Å²) < 4.78 is 0.549. The van der Waals surface area contributed by atoms with Crippen LogP contribution in [0, 0.1) is 0 Å². The highest BCUT2D eigenvalue weighted by Gasteiger charge is 2.05. The maximum atomic E-state index is 10.8. The third-order valence-corrected chi connectivity index (χ3v) is 2.46. The van der Waals surface area contributed by atoms with Gasteiger partial charge in [-0.15, -0.1) is 0 Å². The van der Waals surface area contributed by atoms with E-state index in [0.29, 0.717) is 15.1 Å². The third-order valence-electron chi connectivity index (χ3n) is 1.14. The van der Waals surface area contributed by atoms with Gasteiger partial charge < -0.3 is 0 Å². The summed E-state index contributed by atoms with van der Waals surface area (Å²) in [5, 5.41) is 0.606. The van der Waals surface area contributed by atoms with Gasteiger partial charge >= 0.3 is 0 Å². The van der Waals surface area contributed by atoms with Crippen LogP contribution in [0.25, 0.3) is 0 Å². The van der Waals surface area contributed by atoms with Crippen molar-refractivity contribution in [2.24, 2.45) is 0 Å². The van der Waals surface area contributed by atoms with Gasteiger partial charge in [0.05, 0.1) is 0 Å². The van der Waals surface area contributed by atoms with Gasteiger partial charge in [0.2, 0.25) is 4.69 Å². The Hall–Kier alpha value is 0.140. The third kappa shape index (κ3) is 2.29. The number of halogens is 3. The second-order valence-corrected chi connectivity index (χ2v) is 3.91. The average molecular weight is 298 g/mol. The predicted molar refractivity (Wildman–Crippen MR) is 52.4 cm³/mol. The summed E-state index contributed by atoms with van der Waals surface area (Å²) in [6.07, 6.45) is 0. The molecule has 0 atom stereocenters. The Kier molecular flexibility index (Phi) is 3.10. The predicted octanol–water partition coefficient (Wildman–Crippen LogP) is 3.64. The van der Waals surface area contributed by atoms with Crippen molar-refractivity contribution < 1.29 is 4.79 Å². The van der Waals surface area contributed by atoms with Gasteiger partial charge in [-0.05, 0) is 50.1 Å². The molecule has 0 spiro atoms. The molecular weight excluding hydrogens is 295 g/mol. The molecule has 0 saturated heterocycles. The van der Waals surface area contributed by atoms with Crippen molar-refractivity contribution in [3.8, 4) is 0 Å². The van der Waals surface area contributed by atoms with Gasteiger partial charge in [-0.3, -0.25) is 4.79 Å². The molecule has 58 valence electrons. The summed E-state index contributed by atoms with van der Waals surface area (Å²) in [5.41, 5.74) is 0.578. The normalized spacial score (nSPS) is 9.73. The molecule has 1 rings (SSSR count). The van der Waals surface area contributed by atoms with Gasteiger partial charge in [0.15, 0.2) is 0 Å². The van der Waals surface area contributed by atoms with Crippen molar-refractivity contribution in [1.29, 1.82) is 0 Å². The lowest BCUT2D eigenvalue weighted by atomic mass is 10.2. The first-order valence-electron chi connectivity index (χ1n) is 2.76. The molecule has 0 unspecified atom stereocenters. The van der Waals surface area contributed by atoms with Crippen LogP contribution < -0.4 is 0 Å². The molecule has 0 aromatic heterocycles. The van der Waals surface area contributed by atoms with Crippen molar-refractivity contribution in [2.75, 3.05) is 0 Å².